The first-order chi connectivity index (χ1) is 13.0. The van der Waals surface area contributed by atoms with Crippen LogP contribution in [0.1, 0.15) is 111 Å². The van der Waals surface area contributed by atoms with Gasteiger partial charge in [-0.05, 0) is 0 Å². The molecule has 0 radical (unpaired) electrons. The van der Waals surface area contributed by atoms with Gasteiger partial charge < -0.3 is 0 Å². The van der Waals surface area contributed by atoms with Crippen molar-refractivity contribution in [1.29, 1.82) is 0 Å². The van der Waals surface area contributed by atoms with Crippen LogP contribution in [-0.4, -0.2) is 30.4 Å². The Bertz CT molecular complexity index is 160. The van der Waals surface area contributed by atoms with Crippen LogP contribution < -0.4 is 0 Å². The molecule has 0 amide bonds. The summed E-state index contributed by atoms with van der Waals surface area (Å²) in [5.41, 5.74) is 0. The number of nitrogens with one attached hydrogen (secondary N) is 2. The molecule has 2 aromatic heterocycles. The van der Waals surface area contributed by atoms with Crippen molar-refractivity contribution in [3.05, 3.63) is 25.3 Å². The zero-order valence-electron chi connectivity index (χ0n) is 21.1. The molecular weight excluding hydrogens is 324 g/mol. The minimum absolute atomic E-state index is 1.44. The van der Waals surface area contributed by atoms with Crippen molar-refractivity contribution in [3.8, 4) is 0 Å². The Morgan fingerprint density at radius 1 is 0.385 bits per heavy atom. The van der Waals surface area contributed by atoms with Gasteiger partial charge in [0.15, 0.2) is 0 Å². The number of H-pyrrole nitrogens is 2. The van der Waals surface area contributed by atoms with Gasteiger partial charge in [0.25, 0.3) is 0 Å². The molecule has 26 heavy (non-hydrogen) atoms. The molecule has 2 N–H and O–H groups in total. The van der Waals surface area contributed by atoms with Crippen LogP contribution in [0.25, 0.3) is 0 Å². The molecule has 0 bridgehead atoms. The third-order valence-electron chi connectivity index (χ3n) is 0.662. The Kier molecular flexibility index (Phi) is 322. The van der Waals surface area contributed by atoms with E-state index in [1.807, 2.05) is 111 Å². The van der Waals surface area contributed by atoms with Gasteiger partial charge in [0, 0.05) is 0 Å². The molecule has 6 heteroatoms. The monoisotopic (exact) mass is 378 g/mol. The number of hydrogen-bond donors (Lipinski definition) is 2. The maximum atomic E-state index is 3.56. The number of hydrogen-bond acceptors (Lipinski definition) is 4. The van der Waals surface area contributed by atoms with Crippen LogP contribution >= 0.6 is 0 Å². The predicted octanol–water partition coefficient (Wildman–Crippen LogP) is 7.82. The third-order valence-corrected chi connectivity index (χ3v) is 0.662. The van der Waals surface area contributed by atoms with Gasteiger partial charge in [0.2, 0.25) is 0 Å². The van der Waals surface area contributed by atoms with Crippen LogP contribution in [0.3, 0.4) is 0 Å². The number of nitrogens with zero attached hydrogens (tertiary/aromatic N) is 4. The molecule has 0 aromatic carbocycles. The van der Waals surface area contributed by atoms with E-state index in [4.69, 9.17) is 0 Å². The Morgan fingerprint density at radius 2 is 0.577 bits per heavy atom. The lowest BCUT2D eigenvalue weighted by Crippen LogP contribution is -1.53. The molecule has 2 aromatic rings. The summed E-state index contributed by atoms with van der Waals surface area (Å²) in [7, 11) is 0. The largest absolute Gasteiger partial charge is 0.266 e. The molecule has 0 spiro atoms. The average Bonchev–Trinajstić information content (AvgIpc) is 3.58. The van der Waals surface area contributed by atoms with Crippen molar-refractivity contribution in [2.45, 2.75) is 111 Å². The van der Waals surface area contributed by atoms with Crippen molar-refractivity contribution >= 4 is 0 Å². The SMILES string of the molecule is CC.CC.CC.CC.CC.CC.CC.CC.c1nc[nH]n1.c1nc[nH]n1. The first kappa shape index (κ1) is 49.6. The molecule has 0 unspecified atom stereocenters. The van der Waals surface area contributed by atoms with E-state index >= 15 is 0 Å². The molecule has 0 saturated carbocycles. The molecule has 0 aliphatic rings. The molecule has 6 nitrogen and oxygen atoms in total. The van der Waals surface area contributed by atoms with Gasteiger partial charge in [-0.2, -0.15) is 10.2 Å². The van der Waals surface area contributed by atoms with Gasteiger partial charge in [0.05, 0.1) is 0 Å². The van der Waals surface area contributed by atoms with Gasteiger partial charge in [0.1, 0.15) is 25.3 Å². The summed E-state index contributed by atoms with van der Waals surface area (Å²) in [6.45, 7) is 32.0. The highest BCUT2D eigenvalue weighted by molar-refractivity contribution is 4.43. The van der Waals surface area contributed by atoms with Gasteiger partial charge in [-0.1, -0.05) is 111 Å². The second-order valence-corrected chi connectivity index (χ2v) is 1.30. The lowest BCUT2D eigenvalue weighted by molar-refractivity contribution is 1.09. The summed E-state index contributed by atoms with van der Waals surface area (Å²) in [5, 5.41) is 12.0. The summed E-state index contributed by atoms with van der Waals surface area (Å²) in [4.78, 5) is 7.11. The molecular formula is C20H54N6. The highest BCUT2D eigenvalue weighted by atomic mass is 15.2. The van der Waals surface area contributed by atoms with E-state index in [1.54, 1.807) is 0 Å². The van der Waals surface area contributed by atoms with Crippen LogP contribution in [0.15, 0.2) is 25.3 Å². The Labute approximate surface area is 167 Å². The molecule has 0 fully saturated rings. The maximum absolute atomic E-state index is 3.56. The zero-order chi connectivity index (χ0) is 23.1. The van der Waals surface area contributed by atoms with Crippen molar-refractivity contribution < 1.29 is 0 Å². The molecule has 2 heterocycles. The van der Waals surface area contributed by atoms with Crippen LogP contribution in [0, 0.1) is 0 Å². The minimum atomic E-state index is 1.44. The molecule has 0 atom stereocenters. The Hall–Kier alpha value is -1.72. The fraction of sp³-hybridized carbons (Fsp3) is 0.800. The number of aromatic amines is 2. The van der Waals surface area contributed by atoms with Gasteiger partial charge in [-0.15, -0.1) is 0 Å². The van der Waals surface area contributed by atoms with Crippen molar-refractivity contribution in [1.82, 2.24) is 30.4 Å². The van der Waals surface area contributed by atoms with E-state index in [9.17, 15) is 0 Å². The van der Waals surface area contributed by atoms with Crippen LogP contribution in [0.5, 0.6) is 0 Å². The van der Waals surface area contributed by atoms with Gasteiger partial charge in [-0.3, -0.25) is 10.2 Å². The summed E-state index contributed by atoms with van der Waals surface area (Å²) in [5.74, 6) is 0. The van der Waals surface area contributed by atoms with Crippen LogP contribution in [0.4, 0.5) is 0 Å². The molecule has 0 aliphatic carbocycles. The topological polar surface area (TPSA) is 83.1 Å². The Balaban J connectivity index is -0.0000000243. The fourth-order valence-electron chi connectivity index (χ4n) is 0.333. The zero-order valence-corrected chi connectivity index (χ0v) is 21.1. The minimum Gasteiger partial charge on any atom is -0.266 e. The first-order valence-electron chi connectivity index (χ1n) is 10.6. The molecule has 164 valence electrons. The second-order valence-electron chi connectivity index (χ2n) is 1.30. The summed E-state index contributed by atoms with van der Waals surface area (Å²) >= 11 is 0. The molecule has 2 rings (SSSR count). The molecule has 0 saturated heterocycles. The standard InChI is InChI=1S/2C2H3N3.8C2H6/c2*1-3-2-5-4-1;8*1-2/h2*1-2H,(H,3,4,5);8*1-2H3. The van der Waals surface area contributed by atoms with E-state index in [-0.39, 0.29) is 0 Å². The second kappa shape index (κ2) is 169. The highest BCUT2D eigenvalue weighted by Gasteiger charge is 1.57. The summed E-state index contributed by atoms with van der Waals surface area (Å²) < 4.78 is 0. The average molecular weight is 379 g/mol. The quantitative estimate of drug-likeness (QED) is 0.489. The van der Waals surface area contributed by atoms with E-state index in [2.05, 4.69) is 30.4 Å². The van der Waals surface area contributed by atoms with Gasteiger partial charge in [-0.25, -0.2) is 9.97 Å². The van der Waals surface area contributed by atoms with Crippen LogP contribution in [-0.2, 0) is 0 Å². The third kappa shape index (κ3) is 147. The highest BCUT2D eigenvalue weighted by Crippen LogP contribution is 1.53. The number of aromatic nitrogens is 6. The van der Waals surface area contributed by atoms with Crippen molar-refractivity contribution in [3.63, 3.8) is 0 Å². The smallest absolute Gasteiger partial charge is 0.137 e. The number of rotatable bonds is 0. The van der Waals surface area contributed by atoms with E-state index in [0.29, 0.717) is 0 Å². The lowest BCUT2D eigenvalue weighted by atomic mass is 11.0. The maximum Gasteiger partial charge on any atom is 0.137 e. The van der Waals surface area contributed by atoms with E-state index < -0.39 is 0 Å². The lowest BCUT2D eigenvalue weighted by Gasteiger charge is -1.46. The summed E-state index contributed by atoms with van der Waals surface area (Å²) in [6, 6.07) is 0. The predicted molar refractivity (Wildman–Crippen MR) is 124 cm³/mol. The van der Waals surface area contributed by atoms with Crippen molar-refractivity contribution in [2.75, 3.05) is 0 Å². The van der Waals surface area contributed by atoms with Gasteiger partial charge >= 0.3 is 0 Å². The first-order valence-corrected chi connectivity index (χ1v) is 10.6. The summed E-state index contributed by atoms with van der Waals surface area (Å²) in [6.07, 6.45) is 5.92. The van der Waals surface area contributed by atoms with Crippen molar-refractivity contribution in [2.24, 2.45) is 0 Å². The fourth-order valence-corrected chi connectivity index (χ4v) is 0.333. The van der Waals surface area contributed by atoms with Crippen LogP contribution in [0.2, 0.25) is 0 Å². The molecule has 0 aliphatic heterocycles. The van der Waals surface area contributed by atoms with E-state index in [1.165, 1.54) is 25.3 Å². The normalized spacial score (nSPS) is 4.92. The Morgan fingerprint density at radius 3 is 0.615 bits per heavy atom. The van der Waals surface area contributed by atoms with E-state index in [0.717, 1.165) is 0 Å².